The molecule has 0 aliphatic heterocycles. The lowest BCUT2D eigenvalue weighted by atomic mass is 10.0. The highest BCUT2D eigenvalue weighted by Crippen LogP contribution is 2.18. The van der Waals surface area contributed by atoms with Gasteiger partial charge in [-0.1, -0.05) is 30.3 Å². The molecule has 0 saturated heterocycles. The average Bonchev–Trinajstić information content (AvgIpc) is 2.91. The van der Waals surface area contributed by atoms with Crippen LogP contribution in [0, 0.1) is 0 Å². The number of aliphatic hydroxyl groups excluding tert-OH is 1. The Kier molecular flexibility index (Phi) is 5.50. The summed E-state index contributed by atoms with van der Waals surface area (Å²) in [7, 11) is 1.63. The second kappa shape index (κ2) is 7.39. The Balaban J connectivity index is 2.18. The molecule has 0 fully saturated rings. The minimum Gasteiger partial charge on any atom is -0.444 e. The van der Waals surface area contributed by atoms with E-state index in [-0.39, 0.29) is 5.82 Å². The topological polar surface area (TPSA) is 102 Å². The highest BCUT2D eigenvalue weighted by molar-refractivity contribution is 5.68. The number of alkyl carbamates (subject to hydrolysis) is 1. The van der Waals surface area contributed by atoms with E-state index in [2.05, 4.69) is 20.8 Å². The van der Waals surface area contributed by atoms with Crippen LogP contribution >= 0.6 is 0 Å². The van der Waals surface area contributed by atoms with E-state index in [1.165, 1.54) is 4.68 Å². The molecule has 2 unspecified atom stereocenters. The third-order valence-electron chi connectivity index (χ3n) is 3.30. The number of ether oxygens (including phenoxy) is 1. The molecule has 0 radical (unpaired) electrons. The van der Waals surface area contributed by atoms with Gasteiger partial charge in [-0.15, -0.1) is 5.10 Å². The minimum absolute atomic E-state index is 0.270. The molecule has 2 N–H and O–H groups in total. The van der Waals surface area contributed by atoms with Crippen LogP contribution in [0.15, 0.2) is 30.3 Å². The first-order valence-corrected chi connectivity index (χ1v) is 7.70. The van der Waals surface area contributed by atoms with Crippen LogP contribution < -0.4 is 5.32 Å². The normalized spacial score (nSPS) is 14.0. The zero-order chi connectivity index (χ0) is 17.7. The van der Waals surface area contributed by atoms with Crippen LogP contribution in [0.4, 0.5) is 4.79 Å². The smallest absolute Gasteiger partial charge is 0.407 e. The number of carbonyl (C=O) groups is 1. The van der Waals surface area contributed by atoms with Gasteiger partial charge in [0.15, 0.2) is 5.82 Å². The fourth-order valence-corrected chi connectivity index (χ4v) is 2.24. The maximum atomic E-state index is 12.1. The van der Waals surface area contributed by atoms with Crippen molar-refractivity contribution < 1.29 is 14.6 Å². The molecule has 1 heterocycles. The zero-order valence-electron chi connectivity index (χ0n) is 14.3. The molecule has 8 heteroatoms. The summed E-state index contributed by atoms with van der Waals surface area (Å²) in [5.74, 6) is 0.270. The van der Waals surface area contributed by atoms with Crippen LogP contribution in [0.5, 0.6) is 0 Å². The van der Waals surface area contributed by atoms with Crippen LogP contribution in [-0.4, -0.2) is 43.0 Å². The van der Waals surface area contributed by atoms with E-state index in [1.807, 2.05) is 30.3 Å². The van der Waals surface area contributed by atoms with E-state index in [0.29, 0.717) is 6.42 Å². The fraction of sp³-hybridized carbons (Fsp3) is 0.500. The lowest BCUT2D eigenvalue weighted by molar-refractivity contribution is 0.0408. The van der Waals surface area contributed by atoms with Crippen molar-refractivity contribution in [3.8, 4) is 0 Å². The molecule has 0 bridgehead atoms. The molecule has 0 aliphatic rings. The van der Waals surface area contributed by atoms with Gasteiger partial charge in [-0.05, 0) is 43.2 Å². The second-order valence-electron chi connectivity index (χ2n) is 6.55. The third kappa shape index (κ3) is 5.02. The first kappa shape index (κ1) is 17.9. The number of aromatic nitrogens is 4. The minimum atomic E-state index is -1.07. The van der Waals surface area contributed by atoms with Crippen LogP contribution in [0.25, 0.3) is 0 Å². The van der Waals surface area contributed by atoms with Crippen LogP contribution in [0.3, 0.4) is 0 Å². The lowest BCUT2D eigenvalue weighted by Gasteiger charge is -2.26. The molecule has 2 rings (SSSR count). The van der Waals surface area contributed by atoms with Crippen molar-refractivity contribution in [1.29, 1.82) is 0 Å². The number of aliphatic hydroxyl groups is 1. The molecule has 2 atom stereocenters. The van der Waals surface area contributed by atoms with Gasteiger partial charge in [0.05, 0.1) is 6.04 Å². The van der Waals surface area contributed by atoms with Crippen molar-refractivity contribution in [2.24, 2.45) is 7.05 Å². The number of benzene rings is 1. The van der Waals surface area contributed by atoms with Gasteiger partial charge >= 0.3 is 6.09 Å². The maximum absolute atomic E-state index is 12.1. The Labute approximate surface area is 140 Å². The predicted molar refractivity (Wildman–Crippen MR) is 87.1 cm³/mol. The molecule has 1 amide bonds. The maximum Gasteiger partial charge on any atom is 0.407 e. The number of amides is 1. The number of hydrogen-bond acceptors (Lipinski definition) is 6. The standard InChI is InChI=1S/C16H23N5O3/c1-16(2,3)24-15(23)17-12(10-11-8-6-5-7-9-11)13(22)14-18-19-20-21(14)4/h5-9,12-13,22H,10H2,1-4H3,(H,17,23). The Morgan fingerprint density at radius 2 is 2.00 bits per heavy atom. The third-order valence-corrected chi connectivity index (χ3v) is 3.30. The van der Waals surface area contributed by atoms with Gasteiger partial charge < -0.3 is 15.2 Å². The summed E-state index contributed by atoms with van der Waals surface area (Å²) in [5.41, 5.74) is 0.339. The average molecular weight is 333 g/mol. The van der Waals surface area contributed by atoms with E-state index in [9.17, 15) is 9.90 Å². The van der Waals surface area contributed by atoms with Crippen molar-refractivity contribution in [2.45, 2.75) is 44.9 Å². The van der Waals surface area contributed by atoms with E-state index < -0.39 is 23.8 Å². The number of tetrazole rings is 1. The van der Waals surface area contributed by atoms with Crippen molar-refractivity contribution in [3.05, 3.63) is 41.7 Å². The van der Waals surface area contributed by atoms with Crippen molar-refractivity contribution in [3.63, 3.8) is 0 Å². The molecular weight excluding hydrogens is 310 g/mol. The quantitative estimate of drug-likeness (QED) is 0.857. The van der Waals surface area contributed by atoms with Gasteiger partial charge in [0, 0.05) is 7.05 Å². The van der Waals surface area contributed by atoms with Crippen LogP contribution in [-0.2, 0) is 18.2 Å². The van der Waals surface area contributed by atoms with Gasteiger partial charge in [-0.3, -0.25) is 0 Å². The van der Waals surface area contributed by atoms with Crippen LogP contribution in [0.1, 0.15) is 38.3 Å². The van der Waals surface area contributed by atoms with Crippen LogP contribution in [0.2, 0.25) is 0 Å². The van der Waals surface area contributed by atoms with Crippen molar-refractivity contribution in [2.75, 3.05) is 0 Å². The summed E-state index contributed by atoms with van der Waals surface area (Å²) in [6.07, 6.45) is -1.26. The zero-order valence-corrected chi connectivity index (χ0v) is 14.3. The molecule has 24 heavy (non-hydrogen) atoms. The van der Waals surface area contributed by atoms with Gasteiger partial charge in [0.2, 0.25) is 0 Å². The highest BCUT2D eigenvalue weighted by Gasteiger charge is 2.29. The molecule has 1 aromatic carbocycles. The molecule has 130 valence electrons. The van der Waals surface area contributed by atoms with Gasteiger partial charge in [0.25, 0.3) is 0 Å². The summed E-state index contributed by atoms with van der Waals surface area (Å²) in [4.78, 5) is 12.1. The number of nitrogens with one attached hydrogen (secondary N) is 1. The SMILES string of the molecule is Cn1nnnc1C(O)C(Cc1ccccc1)NC(=O)OC(C)(C)C. The Hall–Kier alpha value is -2.48. The Morgan fingerprint density at radius 1 is 1.33 bits per heavy atom. The van der Waals surface area contributed by atoms with Crippen molar-refractivity contribution in [1.82, 2.24) is 25.5 Å². The van der Waals surface area contributed by atoms with Crippen molar-refractivity contribution >= 4 is 6.09 Å². The molecular formula is C16H23N5O3. The number of rotatable bonds is 5. The second-order valence-corrected chi connectivity index (χ2v) is 6.55. The van der Waals surface area contributed by atoms with E-state index in [4.69, 9.17) is 4.74 Å². The van der Waals surface area contributed by atoms with E-state index in [0.717, 1.165) is 5.56 Å². The summed E-state index contributed by atoms with van der Waals surface area (Å²) < 4.78 is 6.66. The summed E-state index contributed by atoms with van der Waals surface area (Å²) in [5, 5.41) is 24.4. The number of aryl methyl sites for hydroxylation is 1. The lowest BCUT2D eigenvalue weighted by Crippen LogP contribution is -2.44. The Morgan fingerprint density at radius 3 is 2.54 bits per heavy atom. The summed E-state index contributed by atoms with van der Waals surface area (Å²) in [6.45, 7) is 5.34. The van der Waals surface area contributed by atoms with Gasteiger partial charge in [-0.25, -0.2) is 9.48 Å². The number of carbonyl (C=O) groups excluding carboxylic acids is 1. The first-order valence-electron chi connectivity index (χ1n) is 7.70. The molecule has 0 saturated carbocycles. The van der Waals surface area contributed by atoms with E-state index in [1.54, 1.807) is 27.8 Å². The fourth-order valence-electron chi connectivity index (χ4n) is 2.24. The highest BCUT2D eigenvalue weighted by atomic mass is 16.6. The molecule has 1 aromatic heterocycles. The first-order chi connectivity index (χ1) is 11.3. The number of nitrogens with zero attached hydrogens (tertiary/aromatic N) is 4. The largest absolute Gasteiger partial charge is 0.444 e. The molecule has 8 nitrogen and oxygen atoms in total. The summed E-state index contributed by atoms with van der Waals surface area (Å²) >= 11 is 0. The molecule has 0 aliphatic carbocycles. The number of hydrogen-bond donors (Lipinski definition) is 2. The molecule has 0 spiro atoms. The Bertz CT molecular complexity index is 666. The predicted octanol–water partition coefficient (Wildman–Crippen LogP) is 1.38. The molecule has 2 aromatic rings. The van der Waals surface area contributed by atoms with Gasteiger partial charge in [-0.2, -0.15) is 0 Å². The van der Waals surface area contributed by atoms with E-state index >= 15 is 0 Å². The summed E-state index contributed by atoms with van der Waals surface area (Å²) in [6, 6.07) is 8.92. The van der Waals surface area contributed by atoms with Gasteiger partial charge in [0.1, 0.15) is 11.7 Å². The monoisotopic (exact) mass is 333 g/mol.